The van der Waals surface area contributed by atoms with Gasteiger partial charge in [-0.25, -0.2) is 9.07 Å². The Bertz CT molecular complexity index is 1080. The minimum Gasteiger partial charge on any atom is -0.379 e. The summed E-state index contributed by atoms with van der Waals surface area (Å²) in [6.07, 6.45) is 0.831. The monoisotopic (exact) mass is 476 g/mol. The largest absolute Gasteiger partial charge is 0.379 e. The van der Waals surface area contributed by atoms with Crippen molar-refractivity contribution in [2.75, 3.05) is 39.4 Å². The van der Waals surface area contributed by atoms with Crippen molar-refractivity contribution in [3.63, 3.8) is 0 Å². The summed E-state index contributed by atoms with van der Waals surface area (Å²) in [4.78, 5) is 15.3. The highest BCUT2D eigenvalue weighted by Crippen LogP contribution is 2.27. The van der Waals surface area contributed by atoms with E-state index in [9.17, 15) is 9.18 Å². The first kappa shape index (κ1) is 22.7. The molecular weight excluding hydrogens is 454 g/mol. The highest BCUT2D eigenvalue weighted by atomic mass is 35.5. The van der Waals surface area contributed by atoms with Gasteiger partial charge in [0.15, 0.2) is 0 Å². The van der Waals surface area contributed by atoms with Crippen molar-refractivity contribution in [3.05, 3.63) is 70.1 Å². The fourth-order valence-electron chi connectivity index (χ4n) is 3.54. The molecule has 168 valence electrons. The molecule has 6 nitrogen and oxygen atoms in total. The van der Waals surface area contributed by atoms with Crippen molar-refractivity contribution in [2.24, 2.45) is 0 Å². The molecule has 0 atom stereocenters. The molecule has 2 heterocycles. The van der Waals surface area contributed by atoms with Gasteiger partial charge in [0.05, 0.1) is 34.6 Å². The molecule has 9 heteroatoms. The van der Waals surface area contributed by atoms with Crippen LogP contribution in [-0.2, 0) is 4.74 Å². The summed E-state index contributed by atoms with van der Waals surface area (Å²) in [5.74, 6) is -0.588. The van der Waals surface area contributed by atoms with Crippen LogP contribution in [0.2, 0.25) is 10.0 Å². The summed E-state index contributed by atoms with van der Waals surface area (Å²) in [6.45, 7) is 4.77. The second-order valence-corrected chi connectivity index (χ2v) is 8.31. The molecular formula is C23H23Cl2FN4O2. The molecule has 0 spiro atoms. The average molecular weight is 477 g/mol. The molecule has 0 saturated carbocycles. The molecule has 1 fully saturated rings. The third-order valence-corrected chi connectivity index (χ3v) is 6.01. The Hall–Kier alpha value is -2.45. The summed E-state index contributed by atoms with van der Waals surface area (Å²) in [7, 11) is 0. The second-order valence-electron chi connectivity index (χ2n) is 7.50. The first-order valence-corrected chi connectivity index (χ1v) is 11.2. The van der Waals surface area contributed by atoms with Gasteiger partial charge in [-0.1, -0.05) is 23.2 Å². The van der Waals surface area contributed by atoms with Gasteiger partial charge < -0.3 is 10.1 Å². The van der Waals surface area contributed by atoms with Gasteiger partial charge in [0.2, 0.25) is 0 Å². The van der Waals surface area contributed by atoms with Gasteiger partial charge in [0.1, 0.15) is 11.5 Å². The van der Waals surface area contributed by atoms with Gasteiger partial charge >= 0.3 is 0 Å². The SMILES string of the molecule is O=C(NCCCN1CCOCC1)c1cc(-c2ccc(F)cc2)nn1-c1ccc(Cl)c(Cl)c1. The van der Waals surface area contributed by atoms with Crippen molar-refractivity contribution in [3.8, 4) is 16.9 Å². The molecule has 2 aromatic carbocycles. The van der Waals surface area contributed by atoms with E-state index in [-0.39, 0.29) is 11.7 Å². The van der Waals surface area contributed by atoms with E-state index in [1.807, 2.05) is 0 Å². The minimum atomic E-state index is -0.337. The molecule has 1 saturated heterocycles. The quantitative estimate of drug-likeness (QED) is 0.512. The molecule has 1 aliphatic rings. The van der Waals surface area contributed by atoms with Gasteiger partial charge in [0, 0.05) is 25.2 Å². The lowest BCUT2D eigenvalue weighted by Gasteiger charge is -2.26. The molecule has 0 aliphatic carbocycles. The topological polar surface area (TPSA) is 59.4 Å². The van der Waals surface area contributed by atoms with E-state index in [0.29, 0.717) is 39.2 Å². The number of rotatable bonds is 7. The predicted molar refractivity (Wildman–Crippen MR) is 123 cm³/mol. The third-order valence-electron chi connectivity index (χ3n) is 5.27. The molecule has 1 aromatic heterocycles. The van der Waals surface area contributed by atoms with Gasteiger partial charge in [-0.15, -0.1) is 0 Å². The zero-order valence-corrected chi connectivity index (χ0v) is 18.9. The summed E-state index contributed by atoms with van der Waals surface area (Å²) >= 11 is 12.2. The number of aromatic nitrogens is 2. The number of halogens is 3. The van der Waals surface area contributed by atoms with Crippen molar-refractivity contribution >= 4 is 29.1 Å². The lowest BCUT2D eigenvalue weighted by atomic mass is 10.1. The molecule has 32 heavy (non-hydrogen) atoms. The van der Waals surface area contributed by atoms with E-state index in [1.165, 1.54) is 16.8 Å². The third kappa shape index (κ3) is 5.48. The fourth-order valence-corrected chi connectivity index (χ4v) is 3.83. The van der Waals surface area contributed by atoms with E-state index in [2.05, 4.69) is 15.3 Å². The van der Waals surface area contributed by atoms with E-state index >= 15 is 0 Å². The number of ether oxygens (including phenoxy) is 1. The van der Waals surface area contributed by atoms with Crippen LogP contribution >= 0.6 is 23.2 Å². The second kappa shape index (κ2) is 10.4. The molecule has 0 bridgehead atoms. The smallest absolute Gasteiger partial charge is 0.270 e. The number of carbonyl (C=O) groups excluding carboxylic acids is 1. The predicted octanol–water partition coefficient (Wildman–Crippen LogP) is 4.44. The molecule has 1 amide bonds. The van der Waals surface area contributed by atoms with Crippen LogP contribution in [0, 0.1) is 5.82 Å². The number of morpholine rings is 1. The van der Waals surface area contributed by atoms with E-state index in [0.717, 1.165) is 39.3 Å². The normalized spacial score (nSPS) is 14.5. The van der Waals surface area contributed by atoms with Crippen LogP contribution in [0.5, 0.6) is 0 Å². The van der Waals surface area contributed by atoms with Crippen LogP contribution in [0.25, 0.3) is 16.9 Å². The Morgan fingerprint density at radius 3 is 2.53 bits per heavy atom. The average Bonchev–Trinajstić information content (AvgIpc) is 3.25. The van der Waals surface area contributed by atoms with Crippen molar-refractivity contribution in [2.45, 2.75) is 6.42 Å². The summed E-state index contributed by atoms with van der Waals surface area (Å²) in [5, 5.41) is 8.33. The number of benzene rings is 2. The van der Waals surface area contributed by atoms with Crippen LogP contribution in [0.15, 0.2) is 48.5 Å². The molecule has 3 aromatic rings. The fraction of sp³-hybridized carbons (Fsp3) is 0.304. The number of hydrogen-bond acceptors (Lipinski definition) is 4. The van der Waals surface area contributed by atoms with E-state index in [1.54, 1.807) is 36.4 Å². The van der Waals surface area contributed by atoms with Crippen LogP contribution in [0.4, 0.5) is 4.39 Å². The first-order chi connectivity index (χ1) is 15.5. The number of nitrogens with one attached hydrogen (secondary N) is 1. The number of amides is 1. The van der Waals surface area contributed by atoms with Gasteiger partial charge in [-0.05, 0) is 61.5 Å². The maximum Gasteiger partial charge on any atom is 0.270 e. The van der Waals surface area contributed by atoms with Crippen LogP contribution in [0.1, 0.15) is 16.9 Å². The van der Waals surface area contributed by atoms with E-state index < -0.39 is 0 Å². The van der Waals surface area contributed by atoms with E-state index in [4.69, 9.17) is 27.9 Å². The van der Waals surface area contributed by atoms with Crippen LogP contribution in [0.3, 0.4) is 0 Å². The first-order valence-electron chi connectivity index (χ1n) is 10.4. The van der Waals surface area contributed by atoms with Crippen LogP contribution < -0.4 is 5.32 Å². The molecule has 1 aliphatic heterocycles. The zero-order valence-electron chi connectivity index (χ0n) is 17.4. The Balaban J connectivity index is 1.53. The molecule has 4 rings (SSSR count). The van der Waals surface area contributed by atoms with Gasteiger partial charge in [0.25, 0.3) is 5.91 Å². The number of nitrogens with zero attached hydrogens (tertiary/aromatic N) is 3. The highest BCUT2D eigenvalue weighted by molar-refractivity contribution is 6.42. The van der Waals surface area contributed by atoms with Crippen molar-refractivity contribution in [1.82, 2.24) is 20.0 Å². The highest BCUT2D eigenvalue weighted by Gasteiger charge is 2.18. The van der Waals surface area contributed by atoms with Crippen molar-refractivity contribution < 1.29 is 13.9 Å². The lowest BCUT2D eigenvalue weighted by Crippen LogP contribution is -2.38. The summed E-state index contributed by atoms with van der Waals surface area (Å²) < 4.78 is 20.2. The molecule has 1 N–H and O–H groups in total. The van der Waals surface area contributed by atoms with Crippen LogP contribution in [-0.4, -0.2) is 60.0 Å². The standard InChI is InChI=1S/C23H23Cl2FN4O2/c24-19-7-6-18(14-20(19)25)30-22(15-21(28-30)16-2-4-17(26)5-3-16)23(31)27-8-1-9-29-10-12-32-13-11-29/h2-7,14-15H,1,8-13H2,(H,27,31). The Kier molecular flexibility index (Phi) is 7.42. The summed E-state index contributed by atoms with van der Waals surface area (Å²) in [6, 6.07) is 12.7. The Morgan fingerprint density at radius 1 is 1.06 bits per heavy atom. The number of hydrogen-bond donors (Lipinski definition) is 1. The molecule has 0 radical (unpaired) electrons. The van der Waals surface area contributed by atoms with Gasteiger partial charge in [-0.2, -0.15) is 5.10 Å². The summed E-state index contributed by atoms with van der Waals surface area (Å²) in [5.41, 5.74) is 2.21. The van der Waals surface area contributed by atoms with Gasteiger partial charge in [-0.3, -0.25) is 9.69 Å². The minimum absolute atomic E-state index is 0.251. The van der Waals surface area contributed by atoms with Crippen molar-refractivity contribution in [1.29, 1.82) is 0 Å². The molecule has 0 unspecified atom stereocenters. The zero-order chi connectivity index (χ0) is 22.5. The maximum atomic E-state index is 13.3. The Morgan fingerprint density at radius 2 is 1.81 bits per heavy atom. The maximum absolute atomic E-state index is 13.3. The number of carbonyl (C=O) groups is 1. The lowest BCUT2D eigenvalue weighted by molar-refractivity contribution is 0.0374. The Labute approximate surface area is 195 Å².